The lowest BCUT2D eigenvalue weighted by Crippen LogP contribution is -2.27. The van der Waals surface area contributed by atoms with Crippen LogP contribution in [0.25, 0.3) is 0 Å². The molecule has 82 valence electrons. The van der Waals surface area contributed by atoms with E-state index in [0.717, 1.165) is 25.1 Å². The summed E-state index contributed by atoms with van der Waals surface area (Å²) < 4.78 is 0. The molecule has 0 aliphatic carbocycles. The van der Waals surface area contributed by atoms with Crippen molar-refractivity contribution in [3.05, 3.63) is 24.0 Å². The second-order valence-electron chi connectivity index (χ2n) is 3.72. The molecule has 0 radical (unpaired) electrons. The zero-order valence-corrected chi connectivity index (χ0v) is 8.76. The van der Waals surface area contributed by atoms with Crippen molar-refractivity contribution in [1.82, 2.24) is 4.98 Å². The second kappa shape index (κ2) is 4.23. The molecule has 0 amide bonds. The fourth-order valence-corrected chi connectivity index (χ4v) is 1.96. The molecule has 1 N–H and O–H groups in total. The maximum Gasteiger partial charge on any atom is 0.354 e. The number of rotatable bonds is 2. The molecular formula is C12H12N2O2. The monoisotopic (exact) mass is 216 g/mol. The molecule has 1 aliphatic rings. The van der Waals surface area contributed by atoms with E-state index in [1.165, 1.54) is 6.20 Å². The summed E-state index contributed by atoms with van der Waals surface area (Å²) in [6, 6.07) is 3.43. The van der Waals surface area contributed by atoms with E-state index >= 15 is 0 Å². The maximum atomic E-state index is 10.8. The molecule has 1 aromatic rings. The third-order valence-electron chi connectivity index (χ3n) is 2.74. The second-order valence-corrected chi connectivity index (χ2v) is 3.72. The molecule has 0 bridgehead atoms. The number of hydrogen-bond donors (Lipinski definition) is 1. The third-order valence-corrected chi connectivity index (χ3v) is 2.74. The van der Waals surface area contributed by atoms with E-state index in [1.54, 1.807) is 12.1 Å². The van der Waals surface area contributed by atoms with Crippen LogP contribution in [0.4, 0.5) is 5.69 Å². The summed E-state index contributed by atoms with van der Waals surface area (Å²) in [6.07, 6.45) is 8.94. The van der Waals surface area contributed by atoms with E-state index < -0.39 is 5.97 Å². The number of terminal acetylenes is 1. The molecule has 1 saturated heterocycles. The van der Waals surface area contributed by atoms with Crippen molar-refractivity contribution >= 4 is 11.7 Å². The van der Waals surface area contributed by atoms with Crippen LogP contribution in [0, 0.1) is 12.3 Å². The highest BCUT2D eigenvalue weighted by Gasteiger charge is 2.23. The summed E-state index contributed by atoms with van der Waals surface area (Å²) in [5.74, 6) is 1.70. The van der Waals surface area contributed by atoms with Crippen molar-refractivity contribution in [2.45, 2.75) is 18.9 Å². The first-order valence-corrected chi connectivity index (χ1v) is 5.14. The van der Waals surface area contributed by atoms with Gasteiger partial charge in [0, 0.05) is 18.4 Å². The Morgan fingerprint density at radius 1 is 1.69 bits per heavy atom. The normalized spacial score (nSPS) is 19.4. The Morgan fingerprint density at radius 3 is 3.19 bits per heavy atom. The smallest absolute Gasteiger partial charge is 0.354 e. The lowest BCUT2D eigenvalue weighted by Gasteiger charge is -2.22. The van der Waals surface area contributed by atoms with E-state index in [2.05, 4.69) is 10.9 Å². The van der Waals surface area contributed by atoms with Gasteiger partial charge in [-0.05, 0) is 25.0 Å². The molecule has 0 spiro atoms. The predicted octanol–water partition coefficient (Wildman–Crippen LogP) is 1.38. The molecule has 0 aromatic carbocycles. The molecule has 1 fully saturated rings. The summed E-state index contributed by atoms with van der Waals surface area (Å²) in [6.45, 7) is 0.873. The fraction of sp³-hybridized carbons (Fsp3) is 0.333. The SMILES string of the molecule is C#CC1CCCN1c1ccnc(C(=O)O)c1. The number of anilines is 1. The van der Waals surface area contributed by atoms with E-state index in [9.17, 15) is 4.79 Å². The summed E-state index contributed by atoms with van der Waals surface area (Å²) in [5, 5.41) is 8.85. The highest BCUT2D eigenvalue weighted by atomic mass is 16.4. The Bertz CT molecular complexity index is 451. The summed E-state index contributed by atoms with van der Waals surface area (Å²) >= 11 is 0. The third kappa shape index (κ3) is 1.84. The van der Waals surface area contributed by atoms with E-state index in [1.807, 2.05) is 4.90 Å². The van der Waals surface area contributed by atoms with Gasteiger partial charge in [0.2, 0.25) is 0 Å². The highest BCUT2D eigenvalue weighted by molar-refractivity contribution is 5.86. The van der Waals surface area contributed by atoms with Crippen LogP contribution in [-0.4, -0.2) is 28.6 Å². The van der Waals surface area contributed by atoms with Gasteiger partial charge in [0.05, 0.1) is 6.04 Å². The standard InChI is InChI=1S/C12H12N2O2/c1-2-9-4-3-7-14(9)10-5-6-13-11(8-10)12(15)16/h1,5-6,8-9H,3-4,7H2,(H,15,16). The first kappa shape index (κ1) is 10.5. The van der Waals surface area contributed by atoms with Gasteiger partial charge in [0.25, 0.3) is 0 Å². The van der Waals surface area contributed by atoms with E-state index in [0.29, 0.717) is 0 Å². The van der Waals surface area contributed by atoms with Crippen LogP contribution in [0.1, 0.15) is 23.3 Å². The molecule has 2 rings (SSSR count). The molecule has 4 heteroatoms. The largest absolute Gasteiger partial charge is 0.477 e. The molecular weight excluding hydrogens is 204 g/mol. The number of nitrogens with zero attached hydrogens (tertiary/aromatic N) is 2. The highest BCUT2D eigenvalue weighted by Crippen LogP contribution is 2.25. The van der Waals surface area contributed by atoms with Gasteiger partial charge in [-0.3, -0.25) is 0 Å². The van der Waals surface area contributed by atoms with Crippen LogP contribution >= 0.6 is 0 Å². The first-order valence-electron chi connectivity index (χ1n) is 5.14. The zero-order chi connectivity index (χ0) is 11.5. The van der Waals surface area contributed by atoms with Gasteiger partial charge < -0.3 is 10.0 Å². The van der Waals surface area contributed by atoms with Crippen molar-refractivity contribution in [2.24, 2.45) is 0 Å². The van der Waals surface area contributed by atoms with Crippen molar-refractivity contribution in [2.75, 3.05) is 11.4 Å². The van der Waals surface area contributed by atoms with Gasteiger partial charge in [-0.1, -0.05) is 5.92 Å². The lowest BCUT2D eigenvalue weighted by molar-refractivity contribution is 0.0690. The molecule has 1 aliphatic heterocycles. The molecule has 1 aromatic heterocycles. The van der Waals surface area contributed by atoms with Crippen LogP contribution < -0.4 is 4.90 Å². The van der Waals surface area contributed by atoms with E-state index in [-0.39, 0.29) is 11.7 Å². The number of aromatic nitrogens is 1. The van der Waals surface area contributed by atoms with Gasteiger partial charge in [0.1, 0.15) is 5.69 Å². The van der Waals surface area contributed by atoms with Crippen LogP contribution in [0.3, 0.4) is 0 Å². The minimum atomic E-state index is -1.02. The summed E-state index contributed by atoms with van der Waals surface area (Å²) in [7, 11) is 0. The fourth-order valence-electron chi connectivity index (χ4n) is 1.96. The summed E-state index contributed by atoms with van der Waals surface area (Å²) in [4.78, 5) is 16.6. The lowest BCUT2D eigenvalue weighted by atomic mass is 10.2. The van der Waals surface area contributed by atoms with Crippen LogP contribution in [0.15, 0.2) is 18.3 Å². The average molecular weight is 216 g/mol. The van der Waals surface area contributed by atoms with Crippen LogP contribution in [-0.2, 0) is 0 Å². The predicted molar refractivity (Wildman–Crippen MR) is 60.4 cm³/mol. The van der Waals surface area contributed by atoms with Crippen molar-refractivity contribution < 1.29 is 9.90 Å². The minimum Gasteiger partial charge on any atom is -0.477 e. The van der Waals surface area contributed by atoms with Crippen molar-refractivity contribution in [3.63, 3.8) is 0 Å². The molecule has 0 saturated carbocycles. The van der Waals surface area contributed by atoms with Crippen LogP contribution in [0.2, 0.25) is 0 Å². The Hall–Kier alpha value is -2.02. The number of carbonyl (C=O) groups is 1. The maximum absolute atomic E-state index is 10.8. The minimum absolute atomic E-state index is 0.0557. The quantitative estimate of drug-likeness (QED) is 0.759. The van der Waals surface area contributed by atoms with Gasteiger partial charge in [0.15, 0.2) is 0 Å². The number of carboxylic acids is 1. The number of hydrogen-bond acceptors (Lipinski definition) is 3. The van der Waals surface area contributed by atoms with Gasteiger partial charge in [-0.15, -0.1) is 6.42 Å². The van der Waals surface area contributed by atoms with Crippen LogP contribution in [0.5, 0.6) is 0 Å². The summed E-state index contributed by atoms with van der Waals surface area (Å²) in [5.41, 5.74) is 0.896. The molecule has 4 nitrogen and oxygen atoms in total. The molecule has 1 atom stereocenters. The Labute approximate surface area is 93.9 Å². The number of pyridine rings is 1. The van der Waals surface area contributed by atoms with Gasteiger partial charge in [-0.2, -0.15) is 0 Å². The van der Waals surface area contributed by atoms with Gasteiger partial charge >= 0.3 is 5.97 Å². The first-order chi connectivity index (χ1) is 7.72. The Morgan fingerprint density at radius 2 is 2.50 bits per heavy atom. The zero-order valence-electron chi connectivity index (χ0n) is 8.76. The molecule has 1 unspecified atom stereocenters. The average Bonchev–Trinajstić information content (AvgIpc) is 2.77. The van der Waals surface area contributed by atoms with Crippen molar-refractivity contribution in [1.29, 1.82) is 0 Å². The topological polar surface area (TPSA) is 53.4 Å². The molecule has 16 heavy (non-hydrogen) atoms. The van der Waals surface area contributed by atoms with E-state index in [4.69, 9.17) is 11.5 Å². The molecule has 2 heterocycles. The number of carboxylic acid groups (broad SMARTS) is 1. The Kier molecular flexibility index (Phi) is 2.78. The van der Waals surface area contributed by atoms with Crippen molar-refractivity contribution in [3.8, 4) is 12.3 Å². The number of aromatic carboxylic acids is 1. The van der Waals surface area contributed by atoms with Gasteiger partial charge in [-0.25, -0.2) is 9.78 Å². The Balaban J connectivity index is 2.30.